The van der Waals surface area contributed by atoms with Crippen molar-refractivity contribution >= 4 is 0 Å². The third-order valence-corrected chi connectivity index (χ3v) is 1.17. The Labute approximate surface area is 56.3 Å². The van der Waals surface area contributed by atoms with Crippen LogP contribution in [0.25, 0.3) is 0 Å². The number of hydrogen-bond acceptors (Lipinski definition) is 1. The highest BCUT2D eigenvalue weighted by Crippen LogP contribution is 2.09. The first kappa shape index (κ1) is 7.97. The zero-order valence-electron chi connectivity index (χ0n) is 5.94. The molecular weight excluding hydrogens is 110 g/mol. The highest BCUT2D eigenvalue weighted by molar-refractivity contribution is 5.30. The lowest BCUT2D eigenvalue weighted by Gasteiger charge is -1.97. The Kier molecular flexibility index (Phi) is 3.46. The van der Waals surface area contributed by atoms with Gasteiger partial charge in [0.1, 0.15) is 0 Å². The molecule has 0 saturated carbocycles. The molecule has 0 aliphatic rings. The topological polar surface area (TPSA) is 23.8 Å². The SMILES string of the molecule is C=C(C)/C(=C\C#N)CC. The molecule has 0 atom stereocenters. The summed E-state index contributed by atoms with van der Waals surface area (Å²) in [5, 5.41) is 8.25. The molecular formula is C8H11N. The molecule has 0 fully saturated rings. The van der Waals surface area contributed by atoms with Gasteiger partial charge in [-0.05, 0) is 18.9 Å². The van der Waals surface area contributed by atoms with Gasteiger partial charge in [-0.2, -0.15) is 5.26 Å². The Balaban J connectivity index is 4.20. The maximum Gasteiger partial charge on any atom is 0.0915 e. The summed E-state index contributed by atoms with van der Waals surface area (Å²) in [7, 11) is 0. The van der Waals surface area contributed by atoms with Crippen molar-refractivity contribution in [1.82, 2.24) is 0 Å². The van der Waals surface area contributed by atoms with Crippen LogP contribution in [0.15, 0.2) is 23.8 Å². The van der Waals surface area contributed by atoms with Gasteiger partial charge in [-0.25, -0.2) is 0 Å². The van der Waals surface area contributed by atoms with Crippen molar-refractivity contribution < 1.29 is 0 Å². The van der Waals surface area contributed by atoms with Crippen LogP contribution >= 0.6 is 0 Å². The van der Waals surface area contributed by atoms with Crippen LogP contribution in [0, 0.1) is 11.3 Å². The van der Waals surface area contributed by atoms with Crippen LogP contribution in [0.5, 0.6) is 0 Å². The largest absolute Gasteiger partial charge is 0.193 e. The van der Waals surface area contributed by atoms with Crippen molar-refractivity contribution in [1.29, 1.82) is 5.26 Å². The molecule has 1 nitrogen and oxygen atoms in total. The van der Waals surface area contributed by atoms with Crippen molar-refractivity contribution in [3.05, 3.63) is 23.8 Å². The molecule has 0 aromatic rings. The Morgan fingerprint density at radius 1 is 1.78 bits per heavy atom. The molecule has 48 valence electrons. The van der Waals surface area contributed by atoms with Gasteiger partial charge in [-0.1, -0.05) is 19.1 Å². The Bertz CT molecular complexity index is 169. The van der Waals surface area contributed by atoms with Gasteiger partial charge < -0.3 is 0 Å². The molecule has 0 amide bonds. The summed E-state index contributed by atoms with van der Waals surface area (Å²) in [5.74, 6) is 0. The Morgan fingerprint density at radius 3 is 2.44 bits per heavy atom. The minimum atomic E-state index is 0.892. The Morgan fingerprint density at radius 2 is 2.33 bits per heavy atom. The maximum absolute atomic E-state index is 8.25. The number of hydrogen-bond donors (Lipinski definition) is 0. The van der Waals surface area contributed by atoms with Crippen molar-refractivity contribution in [2.24, 2.45) is 0 Å². The number of allylic oxidation sites excluding steroid dienone is 3. The van der Waals surface area contributed by atoms with Gasteiger partial charge in [0, 0.05) is 6.08 Å². The average molecular weight is 121 g/mol. The minimum Gasteiger partial charge on any atom is -0.193 e. The van der Waals surface area contributed by atoms with Crippen LogP contribution < -0.4 is 0 Å². The smallest absolute Gasteiger partial charge is 0.0915 e. The molecule has 0 heterocycles. The molecule has 0 aliphatic carbocycles. The third kappa shape index (κ3) is 2.71. The predicted octanol–water partition coefficient (Wildman–Crippen LogP) is 2.42. The van der Waals surface area contributed by atoms with Gasteiger partial charge >= 0.3 is 0 Å². The predicted molar refractivity (Wildman–Crippen MR) is 38.8 cm³/mol. The first-order valence-electron chi connectivity index (χ1n) is 2.97. The van der Waals surface area contributed by atoms with Crippen molar-refractivity contribution in [3.8, 4) is 6.07 Å². The normalized spacial score (nSPS) is 10.6. The lowest BCUT2D eigenvalue weighted by Crippen LogP contribution is -1.79. The molecule has 0 aromatic heterocycles. The molecule has 0 rings (SSSR count). The van der Waals surface area contributed by atoms with Crippen molar-refractivity contribution in [2.75, 3.05) is 0 Å². The van der Waals surface area contributed by atoms with Gasteiger partial charge in [0.15, 0.2) is 0 Å². The molecule has 0 aliphatic heterocycles. The number of rotatable bonds is 2. The molecule has 0 spiro atoms. The zero-order valence-corrected chi connectivity index (χ0v) is 5.94. The summed E-state index contributed by atoms with van der Waals surface area (Å²) in [6.45, 7) is 7.65. The molecule has 0 saturated heterocycles. The highest BCUT2D eigenvalue weighted by Gasteiger charge is 1.90. The zero-order chi connectivity index (χ0) is 7.28. The second kappa shape index (κ2) is 3.91. The molecule has 0 unspecified atom stereocenters. The quantitative estimate of drug-likeness (QED) is 0.406. The summed E-state index contributed by atoms with van der Waals surface area (Å²) in [6, 6.07) is 1.98. The monoisotopic (exact) mass is 121 g/mol. The minimum absolute atomic E-state index is 0.892. The average Bonchev–Trinajstić information content (AvgIpc) is 1.82. The first-order valence-corrected chi connectivity index (χ1v) is 2.97. The van der Waals surface area contributed by atoms with E-state index in [2.05, 4.69) is 6.58 Å². The highest BCUT2D eigenvalue weighted by atomic mass is 14.2. The molecule has 0 bridgehead atoms. The molecule has 9 heavy (non-hydrogen) atoms. The lowest BCUT2D eigenvalue weighted by molar-refractivity contribution is 1.11. The van der Waals surface area contributed by atoms with Crippen LogP contribution in [0.2, 0.25) is 0 Å². The summed E-state index contributed by atoms with van der Waals surface area (Å²) < 4.78 is 0. The molecule has 0 radical (unpaired) electrons. The van der Waals surface area contributed by atoms with Crippen LogP contribution in [-0.4, -0.2) is 0 Å². The van der Waals surface area contributed by atoms with Gasteiger partial charge in [0.2, 0.25) is 0 Å². The summed E-state index contributed by atoms with van der Waals surface area (Å²) >= 11 is 0. The fourth-order valence-corrected chi connectivity index (χ4v) is 0.605. The molecule has 0 aromatic carbocycles. The standard InChI is InChI=1S/C8H11N/c1-4-8(5-6-9)7(2)3/h5H,2,4H2,1,3H3/b8-5-. The number of nitriles is 1. The van der Waals surface area contributed by atoms with Gasteiger partial charge in [0.25, 0.3) is 0 Å². The van der Waals surface area contributed by atoms with E-state index in [0.29, 0.717) is 0 Å². The molecule has 0 N–H and O–H groups in total. The molecule has 1 heteroatoms. The summed E-state index contributed by atoms with van der Waals surface area (Å²) in [4.78, 5) is 0. The van der Waals surface area contributed by atoms with Gasteiger partial charge in [0.05, 0.1) is 6.07 Å². The van der Waals surface area contributed by atoms with E-state index in [1.165, 1.54) is 0 Å². The third-order valence-electron chi connectivity index (χ3n) is 1.17. The lowest BCUT2D eigenvalue weighted by atomic mass is 10.1. The van der Waals surface area contributed by atoms with E-state index in [9.17, 15) is 0 Å². The van der Waals surface area contributed by atoms with Gasteiger partial charge in [-0.15, -0.1) is 0 Å². The van der Waals surface area contributed by atoms with E-state index in [4.69, 9.17) is 5.26 Å². The van der Waals surface area contributed by atoms with E-state index < -0.39 is 0 Å². The summed E-state index contributed by atoms with van der Waals surface area (Å²) in [5.41, 5.74) is 2.02. The van der Waals surface area contributed by atoms with E-state index >= 15 is 0 Å². The fraction of sp³-hybridized carbons (Fsp3) is 0.375. The first-order chi connectivity index (χ1) is 4.22. The van der Waals surface area contributed by atoms with Crippen molar-refractivity contribution in [2.45, 2.75) is 20.3 Å². The van der Waals surface area contributed by atoms with E-state index in [-0.39, 0.29) is 0 Å². The fourth-order valence-electron chi connectivity index (χ4n) is 0.605. The van der Waals surface area contributed by atoms with Crippen LogP contribution in [-0.2, 0) is 0 Å². The van der Waals surface area contributed by atoms with Crippen LogP contribution in [0.1, 0.15) is 20.3 Å². The maximum atomic E-state index is 8.25. The Hall–Kier alpha value is -1.03. The van der Waals surface area contributed by atoms with Crippen LogP contribution in [0.3, 0.4) is 0 Å². The van der Waals surface area contributed by atoms with Crippen molar-refractivity contribution in [3.63, 3.8) is 0 Å². The second-order valence-corrected chi connectivity index (χ2v) is 1.93. The van der Waals surface area contributed by atoms with E-state index in [1.54, 1.807) is 6.08 Å². The van der Waals surface area contributed by atoms with Gasteiger partial charge in [-0.3, -0.25) is 0 Å². The second-order valence-electron chi connectivity index (χ2n) is 1.93. The number of nitrogens with zero attached hydrogens (tertiary/aromatic N) is 1. The van der Waals surface area contributed by atoms with E-state index in [0.717, 1.165) is 17.6 Å². The summed E-state index contributed by atoms with van der Waals surface area (Å²) in [6.07, 6.45) is 2.44. The van der Waals surface area contributed by atoms with Crippen LogP contribution in [0.4, 0.5) is 0 Å². The van der Waals surface area contributed by atoms with E-state index in [1.807, 2.05) is 19.9 Å².